The molecular weight excluding hydrogens is 376 g/mol. The van der Waals surface area contributed by atoms with E-state index in [1.807, 2.05) is 0 Å². The largest absolute Gasteiger partial charge is 0.495 e. The Hall–Kier alpha value is -1.60. The van der Waals surface area contributed by atoms with Crippen LogP contribution in [0, 0.1) is 0 Å². The lowest BCUT2D eigenvalue weighted by molar-refractivity contribution is 0.0933. The number of nitrogens with one attached hydrogen (secondary N) is 2. The second-order valence-electron chi connectivity index (χ2n) is 7.98. The third kappa shape index (κ3) is 5.47. The van der Waals surface area contributed by atoms with Gasteiger partial charge in [-0.05, 0) is 43.9 Å². The van der Waals surface area contributed by atoms with E-state index in [4.69, 9.17) is 4.74 Å². The first kappa shape index (κ1) is 21.1. The minimum absolute atomic E-state index is 0.0362. The zero-order chi connectivity index (χ0) is 20.0. The lowest BCUT2D eigenvalue weighted by atomic mass is 9.96. The molecule has 1 aromatic carbocycles. The number of hydrogen-bond donors (Lipinski definition) is 2. The Bertz CT molecular complexity index is 765. The van der Waals surface area contributed by atoms with Crippen LogP contribution >= 0.6 is 0 Å². The van der Waals surface area contributed by atoms with Gasteiger partial charge in [-0.15, -0.1) is 0 Å². The van der Waals surface area contributed by atoms with Crippen molar-refractivity contribution < 1.29 is 17.9 Å². The van der Waals surface area contributed by atoms with Crippen molar-refractivity contribution in [3.63, 3.8) is 0 Å². The van der Waals surface area contributed by atoms with Crippen LogP contribution in [0.1, 0.15) is 81.0 Å². The summed E-state index contributed by atoms with van der Waals surface area (Å²) in [5, 5.41) is 3.08. The number of hydrogen-bond acceptors (Lipinski definition) is 4. The molecule has 0 aromatic heterocycles. The Kier molecular flexibility index (Phi) is 7.35. The molecule has 2 N–H and O–H groups in total. The molecule has 1 aromatic rings. The van der Waals surface area contributed by atoms with E-state index in [0.29, 0.717) is 5.56 Å². The number of ether oxygens (including phenoxy) is 1. The van der Waals surface area contributed by atoms with Gasteiger partial charge in [-0.2, -0.15) is 0 Å². The van der Waals surface area contributed by atoms with Gasteiger partial charge < -0.3 is 10.1 Å². The SMILES string of the molecule is COc1ccc(C(=O)NC2CCCCCC2)cc1S(=O)(=O)NC1CCCCC1. The summed E-state index contributed by atoms with van der Waals surface area (Å²) in [5.41, 5.74) is 0.356. The molecule has 0 atom stereocenters. The van der Waals surface area contributed by atoms with Crippen molar-refractivity contribution in [3.05, 3.63) is 23.8 Å². The van der Waals surface area contributed by atoms with E-state index in [-0.39, 0.29) is 28.6 Å². The van der Waals surface area contributed by atoms with Crippen LogP contribution in [-0.2, 0) is 10.0 Å². The van der Waals surface area contributed by atoms with E-state index in [9.17, 15) is 13.2 Å². The Labute approximate surface area is 168 Å². The summed E-state index contributed by atoms with van der Waals surface area (Å²) < 4.78 is 34.0. The van der Waals surface area contributed by atoms with Crippen molar-refractivity contribution in [3.8, 4) is 5.75 Å². The van der Waals surface area contributed by atoms with Gasteiger partial charge in [0.25, 0.3) is 5.91 Å². The zero-order valence-corrected chi connectivity index (χ0v) is 17.5. The first-order chi connectivity index (χ1) is 13.5. The van der Waals surface area contributed by atoms with Crippen molar-refractivity contribution >= 4 is 15.9 Å². The van der Waals surface area contributed by atoms with Gasteiger partial charge in [0.15, 0.2) is 0 Å². The summed E-state index contributed by atoms with van der Waals surface area (Å²) in [7, 11) is -2.31. The number of carbonyl (C=O) groups excluding carboxylic acids is 1. The summed E-state index contributed by atoms with van der Waals surface area (Å²) in [5.74, 6) is 0.0398. The maximum Gasteiger partial charge on any atom is 0.251 e. The van der Waals surface area contributed by atoms with Gasteiger partial charge in [0, 0.05) is 17.6 Å². The minimum Gasteiger partial charge on any atom is -0.495 e. The molecule has 0 spiro atoms. The quantitative estimate of drug-likeness (QED) is 0.702. The molecule has 2 aliphatic carbocycles. The first-order valence-electron chi connectivity index (χ1n) is 10.5. The van der Waals surface area contributed by atoms with Crippen LogP contribution in [0.15, 0.2) is 23.1 Å². The molecule has 0 unspecified atom stereocenters. The first-order valence-corrected chi connectivity index (χ1v) is 12.0. The van der Waals surface area contributed by atoms with Gasteiger partial charge in [-0.25, -0.2) is 13.1 Å². The number of carbonyl (C=O) groups is 1. The highest BCUT2D eigenvalue weighted by atomic mass is 32.2. The van der Waals surface area contributed by atoms with Crippen molar-refractivity contribution in [1.82, 2.24) is 10.0 Å². The molecule has 28 heavy (non-hydrogen) atoms. The average molecular weight is 409 g/mol. The molecule has 0 heterocycles. The van der Waals surface area contributed by atoms with Gasteiger partial charge in [0.2, 0.25) is 10.0 Å². The van der Waals surface area contributed by atoms with E-state index < -0.39 is 10.0 Å². The molecule has 7 heteroatoms. The summed E-state index contributed by atoms with van der Waals surface area (Å²) in [6.07, 6.45) is 11.6. The molecule has 3 rings (SSSR count). The third-order valence-corrected chi connectivity index (χ3v) is 7.37. The lowest BCUT2D eigenvalue weighted by Gasteiger charge is -2.23. The molecule has 0 aliphatic heterocycles. The van der Waals surface area contributed by atoms with Gasteiger partial charge in [-0.1, -0.05) is 44.9 Å². The summed E-state index contributed by atoms with van der Waals surface area (Å²) in [6, 6.07) is 4.75. The molecule has 2 aliphatic rings. The van der Waals surface area contributed by atoms with Crippen LogP contribution in [-0.4, -0.2) is 33.5 Å². The highest BCUT2D eigenvalue weighted by Crippen LogP contribution is 2.27. The van der Waals surface area contributed by atoms with Crippen LogP contribution in [0.4, 0.5) is 0 Å². The fourth-order valence-corrected chi connectivity index (χ4v) is 5.72. The van der Waals surface area contributed by atoms with Crippen LogP contribution in [0.2, 0.25) is 0 Å². The Morgan fingerprint density at radius 1 is 0.929 bits per heavy atom. The monoisotopic (exact) mass is 408 g/mol. The van der Waals surface area contributed by atoms with E-state index >= 15 is 0 Å². The standard InChI is InChI=1S/C21H32N2O4S/c1-27-19-14-13-16(21(24)22-17-9-5-2-3-6-10-17)15-20(19)28(25,26)23-18-11-7-4-8-12-18/h13-15,17-18,23H,2-12H2,1H3,(H,22,24). The third-order valence-electron chi connectivity index (χ3n) is 5.83. The summed E-state index contributed by atoms with van der Waals surface area (Å²) in [4.78, 5) is 12.8. The molecule has 0 bridgehead atoms. The highest BCUT2D eigenvalue weighted by Gasteiger charge is 2.26. The van der Waals surface area contributed by atoms with Crippen LogP contribution in [0.5, 0.6) is 5.75 Å². The molecule has 0 saturated heterocycles. The van der Waals surface area contributed by atoms with Crippen LogP contribution in [0.25, 0.3) is 0 Å². The maximum atomic E-state index is 13.0. The number of methoxy groups -OCH3 is 1. The number of sulfonamides is 1. The van der Waals surface area contributed by atoms with Crippen molar-refractivity contribution in [2.75, 3.05) is 7.11 Å². The second-order valence-corrected chi connectivity index (χ2v) is 9.67. The highest BCUT2D eigenvalue weighted by molar-refractivity contribution is 7.89. The number of benzene rings is 1. The second kappa shape index (κ2) is 9.74. The molecule has 0 radical (unpaired) electrons. The number of rotatable bonds is 6. The fourth-order valence-electron chi connectivity index (χ4n) is 4.22. The van der Waals surface area contributed by atoms with Gasteiger partial charge in [0.1, 0.15) is 10.6 Å². The van der Waals surface area contributed by atoms with Crippen molar-refractivity contribution in [2.45, 2.75) is 87.6 Å². The number of amides is 1. The van der Waals surface area contributed by atoms with E-state index in [1.165, 1.54) is 26.0 Å². The van der Waals surface area contributed by atoms with Gasteiger partial charge in [-0.3, -0.25) is 4.79 Å². The molecule has 156 valence electrons. The predicted octanol–water partition coefficient (Wildman–Crippen LogP) is 3.76. The Morgan fingerprint density at radius 2 is 1.50 bits per heavy atom. The average Bonchev–Trinajstić information content (AvgIpc) is 2.96. The smallest absolute Gasteiger partial charge is 0.251 e. The Balaban J connectivity index is 1.77. The molecule has 1 amide bonds. The minimum atomic E-state index is -3.75. The molecule has 2 fully saturated rings. The topological polar surface area (TPSA) is 84.5 Å². The van der Waals surface area contributed by atoms with E-state index in [1.54, 1.807) is 12.1 Å². The normalized spacial score (nSPS) is 19.8. The zero-order valence-electron chi connectivity index (χ0n) is 16.7. The molecular formula is C21H32N2O4S. The van der Waals surface area contributed by atoms with Crippen molar-refractivity contribution in [1.29, 1.82) is 0 Å². The van der Waals surface area contributed by atoms with Gasteiger partial charge in [0.05, 0.1) is 7.11 Å². The molecule has 2 saturated carbocycles. The predicted molar refractivity (Wildman–Crippen MR) is 109 cm³/mol. The van der Waals surface area contributed by atoms with Gasteiger partial charge >= 0.3 is 0 Å². The van der Waals surface area contributed by atoms with Crippen molar-refractivity contribution in [2.24, 2.45) is 0 Å². The van der Waals surface area contributed by atoms with Crippen LogP contribution in [0.3, 0.4) is 0 Å². The maximum absolute atomic E-state index is 13.0. The molecule has 6 nitrogen and oxygen atoms in total. The summed E-state index contributed by atoms with van der Waals surface area (Å²) >= 11 is 0. The Morgan fingerprint density at radius 3 is 2.11 bits per heavy atom. The van der Waals surface area contributed by atoms with Crippen LogP contribution < -0.4 is 14.8 Å². The van der Waals surface area contributed by atoms with E-state index in [2.05, 4.69) is 10.0 Å². The fraction of sp³-hybridized carbons (Fsp3) is 0.667. The summed E-state index contributed by atoms with van der Waals surface area (Å²) in [6.45, 7) is 0. The lowest BCUT2D eigenvalue weighted by Crippen LogP contribution is -2.37. The van der Waals surface area contributed by atoms with E-state index in [0.717, 1.165) is 57.8 Å².